The molecular formula is C48H38Cl3N3O9S2. The molecule has 1 aliphatic heterocycles. The van der Waals surface area contributed by atoms with Gasteiger partial charge in [-0.1, -0.05) is 103 Å². The van der Waals surface area contributed by atoms with E-state index in [0.29, 0.717) is 26.0 Å². The van der Waals surface area contributed by atoms with Crippen LogP contribution < -0.4 is 9.60 Å². The maximum Gasteiger partial charge on any atom is 0.338 e. The van der Waals surface area contributed by atoms with E-state index in [-0.39, 0.29) is 47.1 Å². The molecule has 0 N–H and O–H groups in total. The summed E-state index contributed by atoms with van der Waals surface area (Å²) >= 11 is 6.32. The summed E-state index contributed by atoms with van der Waals surface area (Å²) in [4.78, 5) is 66.4. The van der Waals surface area contributed by atoms with Crippen LogP contribution in [0.5, 0.6) is 0 Å². The van der Waals surface area contributed by atoms with Crippen LogP contribution in [0.3, 0.4) is 0 Å². The SMILES string of the molecule is Cl.Cl.O=C(OC[C@H]1O[C@@H](/N=c2\ssc(=Nc3ccccc3)n2-c2ccc(Cl)cc2)[C@H](OC(=O)c2ccccc2)[C@@H](OC(=O)c2ccccc2)[C@@H]1OC(=O)c1ccccc1)c1ccccc1. The molecule has 0 bridgehead atoms. The van der Waals surface area contributed by atoms with Crippen molar-refractivity contribution in [2.24, 2.45) is 9.98 Å². The number of hydrogen-bond acceptors (Lipinski definition) is 13. The third-order valence-electron chi connectivity index (χ3n) is 9.63. The zero-order valence-corrected chi connectivity index (χ0v) is 37.9. The number of hydrogen-bond donors (Lipinski definition) is 0. The molecule has 0 saturated carbocycles. The molecule has 332 valence electrons. The number of esters is 4. The van der Waals surface area contributed by atoms with Crippen molar-refractivity contribution in [3.63, 3.8) is 0 Å². The maximum absolute atomic E-state index is 14.1. The molecule has 0 unspecified atom stereocenters. The molecule has 0 spiro atoms. The minimum Gasteiger partial charge on any atom is -0.459 e. The van der Waals surface area contributed by atoms with Crippen LogP contribution >= 0.6 is 57.1 Å². The molecule has 17 heteroatoms. The van der Waals surface area contributed by atoms with Crippen molar-refractivity contribution < 1.29 is 42.9 Å². The van der Waals surface area contributed by atoms with E-state index in [2.05, 4.69) is 0 Å². The Morgan fingerprint density at radius 2 is 0.938 bits per heavy atom. The van der Waals surface area contributed by atoms with Crippen LogP contribution in [0.2, 0.25) is 5.02 Å². The topological polar surface area (TPSA) is 144 Å². The van der Waals surface area contributed by atoms with Crippen LogP contribution in [-0.2, 0) is 23.7 Å². The molecular weight excluding hydrogens is 933 g/mol. The van der Waals surface area contributed by atoms with Gasteiger partial charge in [-0.3, -0.25) is 4.57 Å². The molecule has 6 aromatic carbocycles. The largest absolute Gasteiger partial charge is 0.459 e. The summed E-state index contributed by atoms with van der Waals surface area (Å²) in [6, 6.07) is 49.3. The fourth-order valence-electron chi connectivity index (χ4n) is 6.56. The van der Waals surface area contributed by atoms with E-state index in [1.807, 2.05) is 30.3 Å². The summed E-state index contributed by atoms with van der Waals surface area (Å²) in [5, 5.41) is 0.508. The highest BCUT2D eigenvalue weighted by Gasteiger charge is 2.53. The second-order valence-electron chi connectivity index (χ2n) is 13.9. The lowest BCUT2D eigenvalue weighted by atomic mass is 9.97. The Morgan fingerprint density at radius 1 is 0.523 bits per heavy atom. The molecule has 1 fully saturated rings. The molecule has 0 amide bonds. The Morgan fingerprint density at radius 3 is 1.43 bits per heavy atom. The number of rotatable bonds is 12. The predicted molar refractivity (Wildman–Crippen MR) is 251 cm³/mol. The van der Waals surface area contributed by atoms with Crippen LogP contribution in [0.15, 0.2) is 186 Å². The van der Waals surface area contributed by atoms with Crippen molar-refractivity contribution in [2.75, 3.05) is 6.61 Å². The molecule has 7 aromatic rings. The zero-order chi connectivity index (χ0) is 43.5. The minimum absolute atomic E-state index is 0. The van der Waals surface area contributed by atoms with Gasteiger partial charge in [0.1, 0.15) is 12.7 Å². The summed E-state index contributed by atoms with van der Waals surface area (Å²) in [5.41, 5.74) is 2.11. The smallest absolute Gasteiger partial charge is 0.338 e. The summed E-state index contributed by atoms with van der Waals surface area (Å²) in [5.74, 6) is -3.11. The predicted octanol–water partition coefficient (Wildman–Crippen LogP) is 9.49. The second-order valence-corrected chi connectivity index (χ2v) is 16.4. The van der Waals surface area contributed by atoms with Gasteiger partial charge in [0.05, 0.1) is 33.6 Å². The van der Waals surface area contributed by atoms with Gasteiger partial charge in [-0.25, -0.2) is 29.2 Å². The highest BCUT2D eigenvalue weighted by Crippen LogP contribution is 2.32. The number of benzene rings is 6. The molecule has 0 radical (unpaired) electrons. The van der Waals surface area contributed by atoms with Crippen LogP contribution in [0.1, 0.15) is 41.4 Å². The number of carbonyl (C=O) groups excluding carboxylic acids is 4. The van der Waals surface area contributed by atoms with E-state index in [1.54, 1.807) is 150 Å². The first-order valence-corrected chi connectivity index (χ1v) is 22.1. The summed E-state index contributed by atoms with van der Waals surface area (Å²) < 4.78 is 33.0. The van der Waals surface area contributed by atoms with Crippen molar-refractivity contribution >= 4 is 86.7 Å². The van der Waals surface area contributed by atoms with Crippen LogP contribution in [0.4, 0.5) is 5.69 Å². The molecule has 65 heavy (non-hydrogen) atoms. The minimum atomic E-state index is -1.58. The lowest BCUT2D eigenvalue weighted by molar-refractivity contribution is -0.227. The van der Waals surface area contributed by atoms with Gasteiger partial charge in [-0.15, -0.1) is 24.8 Å². The number of aromatic nitrogens is 1. The fourth-order valence-corrected chi connectivity index (χ4v) is 8.85. The molecule has 12 nitrogen and oxygen atoms in total. The van der Waals surface area contributed by atoms with E-state index in [1.165, 1.54) is 20.7 Å². The average molecular weight is 971 g/mol. The lowest BCUT2D eigenvalue weighted by Gasteiger charge is -2.43. The number of halogens is 3. The summed E-state index contributed by atoms with van der Waals surface area (Å²) in [6.07, 6.45) is -7.46. The van der Waals surface area contributed by atoms with Crippen molar-refractivity contribution in [3.05, 3.63) is 213 Å². The average Bonchev–Trinajstić information content (AvgIpc) is 3.72. The molecule has 0 aliphatic carbocycles. The van der Waals surface area contributed by atoms with E-state index in [0.717, 1.165) is 0 Å². The van der Waals surface area contributed by atoms with Gasteiger partial charge >= 0.3 is 23.9 Å². The third kappa shape index (κ3) is 12.0. The van der Waals surface area contributed by atoms with Crippen molar-refractivity contribution in [2.45, 2.75) is 30.6 Å². The Hall–Kier alpha value is -6.39. The van der Waals surface area contributed by atoms with Crippen molar-refractivity contribution in [1.29, 1.82) is 0 Å². The van der Waals surface area contributed by atoms with Crippen LogP contribution in [-0.4, -0.2) is 65.7 Å². The van der Waals surface area contributed by atoms with Gasteiger partial charge in [0, 0.05) is 5.02 Å². The lowest BCUT2D eigenvalue weighted by Crippen LogP contribution is -2.62. The number of carbonyl (C=O) groups is 4. The standard InChI is InChI=1S/C48H36ClN3O9S2.2ClH/c49-35-26-28-37(29-27-35)52-47(50-36-24-14-5-15-25-36)62-63-48(52)51-42-41(61-46(56)34-22-12-4-13-23-34)40(60-45(55)33-20-10-3-11-21-33)39(59-44(54)32-18-8-2-9-19-32)38(58-42)30-57-43(53)31-16-6-1-7-17-31;;/h1-29,38-42H,30H2;2*1H/b50-47?,51-48-;;/t38-,39-,40+,41-,42-;;/m1../s1. The van der Waals surface area contributed by atoms with E-state index in [9.17, 15) is 19.2 Å². The Labute approximate surface area is 397 Å². The molecule has 8 rings (SSSR count). The van der Waals surface area contributed by atoms with Crippen molar-refractivity contribution in [3.8, 4) is 5.69 Å². The first kappa shape index (κ1) is 48.1. The molecule has 1 aromatic heterocycles. The second kappa shape index (κ2) is 23.0. The van der Waals surface area contributed by atoms with Gasteiger partial charge in [-0.05, 0) is 106 Å². The molecule has 5 atom stereocenters. The molecule has 2 heterocycles. The Bertz CT molecular complexity index is 2820. The van der Waals surface area contributed by atoms with E-state index >= 15 is 0 Å². The monoisotopic (exact) mass is 969 g/mol. The third-order valence-corrected chi connectivity index (χ3v) is 12.0. The number of para-hydroxylation sites is 1. The quantitative estimate of drug-likeness (QED) is 0.0665. The van der Waals surface area contributed by atoms with Gasteiger partial charge in [-0.2, -0.15) is 0 Å². The zero-order valence-electron chi connectivity index (χ0n) is 33.9. The summed E-state index contributed by atoms with van der Waals surface area (Å²) in [7, 11) is 2.58. The van der Waals surface area contributed by atoms with Gasteiger partial charge in [0.15, 0.2) is 24.5 Å². The highest BCUT2D eigenvalue weighted by atomic mass is 35.5. The first-order chi connectivity index (χ1) is 30.8. The van der Waals surface area contributed by atoms with Crippen LogP contribution in [0, 0.1) is 0 Å². The van der Waals surface area contributed by atoms with Gasteiger partial charge in [0.25, 0.3) is 0 Å². The van der Waals surface area contributed by atoms with Gasteiger partial charge in [0.2, 0.25) is 9.60 Å². The first-order valence-electron chi connectivity index (χ1n) is 19.6. The Kier molecular flexibility index (Phi) is 17.0. The fraction of sp³-hybridized carbons (Fsp3) is 0.125. The summed E-state index contributed by atoms with van der Waals surface area (Å²) in [6.45, 7) is -0.496. The van der Waals surface area contributed by atoms with E-state index in [4.69, 9.17) is 45.3 Å². The van der Waals surface area contributed by atoms with Gasteiger partial charge < -0.3 is 23.7 Å². The molecule has 1 saturated heterocycles. The molecule has 1 aliphatic rings. The van der Waals surface area contributed by atoms with E-state index < -0.39 is 61.1 Å². The number of ether oxygens (including phenoxy) is 5. The normalized spacial score (nSPS) is 18.3. The van der Waals surface area contributed by atoms with Crippen molar-refractivity contribution in [1.82, 2.24) is 4.57 Å². The highest BCUT2D eigenvalue weighted by molar-refractivity contribution is 7.67. The maximum atomic E-state index is 14.1. The Balaban J connectivity index is 0.00000350. The number of nitrogens with zero attached hydrogens (tertiary/aromatic N) is 3. The van der Waals surface area contributed by atoms with Crippen LogP contribution in [0.25, 0.3) is 5.69 Å².